The summed E-state index contributed by atoms with van der Waals surface area (Å²) in [4.78, 5) is 10.3. The van der Waals surface area contributed by atoms with Gasteiger partial charge in [-0.25, -0.2) is 0 Å². The smallest absolute Gasteiger partial charge is 0.487 e. The molecule has 0 saturated carbocycles. The molecule has 1 unspecified atom stereocenters. The van der Waals surface area contributed by atoms with E-state index in [2.05, 4.69) is 0 Å². The first-order valence-corrected chi connectivity index (χ1v) is 2.86. The number of hydrogen-bond donors (Lipinski definition) is 0. The number of hydrogen-bond acceptors (Lipinski definition) is 2. The van der Waals surface area contributed by atoms with Crippen molar-refractivity contribution in [1.82, 2.24) is 0 Å². The molecule has 0 radical (unpaired) electrons. The minimum Gasteiger partial charge on any atom is -0.487 e. The molecular formula is C6H9O2Y+2. The molecule has 1 saturated heterocycles. The van der Waals surface area contributed by atoms with Gasteiger partial charge in [0.25, 0.3) is 0 Å². The van der Waals surface area contributed by atoms with Gasteiger partial charge >= 0.3 is 32.7 Å². The van der Waals surface area contributed by atoms with Crippen molar-refractivity contribution in [2.24, 2.45) is 0 Å². The summed E-state index contributed by atoms with van der Waals surface area (Å²) in [5, 5.41) is 0. The van der Waals surface area contributed by atoms with Crippen molar-refractivity contribution >= 4 is 5.97 Å². The molecule has 3 heteroatoms. The second-order valence-electron chi connectivity index (χ2n) is 1.91. The standard InChI is InChI=1S/C6H9O2.Y/c1-2-5-3-4-6(7)8-5;/h4-5H,2-3H2,1H3;/q-1;+3. The number of carbonyl (C=O) groups is 1. The van der Waals surface area contributed by atoms with E-state index in [1.54, 1.807) is 6.42 Å². The van der Waals surface area contributed by atoms with Crippen LogP contribution in [0.3, 0.4) is 0 Å². The van der Waals surface area contributed by atoms with E-state index in [1.807, 2.05) is 6.92 Å². The van der Waals surface area contributed by atoms with Crippen LogP contribution in [0.1, 0.15) is 19.8 Å². The third kappa shape index (κ3) is 2.68. The van der Waals surface area contributed by atoms with Crippen molar-refractivity contribution in [3.05, 3.63) is 6.42 Å². The van der Waals surface area contributed by atoms with Gasteiger partial charge in [0.2, 0.25) is 0 Å². The third-order valence-corrected chi connectivity index (χ3v) is 1.29. The molecule has 46 valence electrons. The molecule has 0 amide bonds. The van der Waals surface area contributed by atoms with Crippen molar-refractivity contribution < 1.29 is 42.2 Å². The molecule has 0 aliphatic carbocycles. The van der Waals surface area contributed by atoms with Gasteiger partial charge in [-0.1, -0.05) is 6.92 Å². The summed E-state index contributed by atoms with van der Waals surface area (Å²) in [5.74, 6) is -0.156. The van der Waals surface area contributed by atoms with Gasteiger partial charge < -0.3 is 4.74 Å². The first-order chi connectivity index (χ1) is 3.83. The van der Waals surface area contributed by atoms with E-state index in [-0.39, 0.29) is 44.8 Å². The fourth-order valence-corrected chi connectivity index (χ4v) is 0.738. The summed E-state index contributed by atoms with van der Waals surface area (Å²) in [5.41, 5.74) is 0. The summed E-state index contributed by atoms with van der Waals surface area (Å²) in [6.07, 6.45) is 3.49. The van der Waals surface area contributed by atoms with E-state index in [0.29, 0.717) is 0 Å². The van der Waals surface area contributed by atoms with Crippen LogP contribution >= 0.6 is 0 Å². The Morgan fingerprint density at radius 1 is 1.89 bits per heavy atom. The average Bonchev–Trinajstić information content (AvgIpc) is 2.14. The first kappa shape index (κ1) is 9.44. The van der Waals surface area contributed by atoms with Crippen LogP contribution in [-0.2, 0) is 42.2 Å². The van der Waals surface area contributed by atoms with Crippen molar-refractivity contribution in [1.29, 1.82) is 0 Å². The van der Waals surface area contributed by atoms with Crippen LogP contribution in [0.4, 0.5) is 0 Å². The molecule has 2 nitrogen and oxygen atoms in total. The Morgan fingerprint density at radius 2 is 2.56 bits per heavy atom. The fourth-order valence-electron chi connectivity index (χ4n) is 0.738. The van der Waals surface area contributed by atoms with Gasteiger partial charge in [-0.05, 0) is 6.42 Å². The average molecular weight is 202 g/mol. The van der Waals surface area contributed by atoms with E-state index in [9.17, 15) is 4.79 Å². The van der Waals surface area contributed by atoms with Crippen LogP contribution in [0.5, 0.6) is 0 Å². The van der Waals surface area contributed by atoms with Gasteiger partial charge in [-0.3, -0.25) is 11.2 Å². The summed E-state index contributed by atoms with van der Waals surface area (Å²) in [6, 6.07) is 0. The Kier molecular flexibility index (Phi) is 4.50. The predicted octanol–water partition coefficient (Wildman–Crippen LogP) is 0.914. The van der Waals surface area contributed by atoms with Crippen LogP contribution in [0.25, 0.3) is 0 Å². The number of rotatable bonds is 1. The van der Waals surface area contributed by atoms with E-state index in [0.717, 1.165) is 12.8 Å². The molecule has 0 aromatic rings. The maximum absolute atomic E-state index is 10.3. The number of carbonyl (C=O) groups excluding carboxylic acids is 1. The zero-order chi connectivity index (χ0) is 5.98. The molecule has 1 rings (SSSR count). The van der Waals surface area contributed by atoms with E-state index in [1.165, 1.54) is 0 Å². The maximum atomic E-state index is 10.3. The Morgan fingerprint density at radius 3 is 2.78 bits per heavy atom. The van der Waals surface area contributed by atoms with E-state index < -0.39 is 0 Å². The number of ether oxygens (including phenoxy) is 1. The van der Waals surface area contributed by atoms with E-state index >= 15 is 0 Å². The fraction of sp³-hybridized carbons (Fsp3) is 0.667. The molecule has 1 heterocycles. The van der Waals surface area contributed by atoms with Crippen LogP contribution in [-0.4, -0.2) is 12.1 Å². The summed E-state index contributed by atoms with van der Waals surface area (Å²) in [6.45, 7) is 2.01. The Bertz CT molecular complexity index is 103. The second kappa shape index (κ2) is 4.29. The van der Waals surface area contributed by atoms with Crippen molar-refractivity contribution in [3.63, 3.8) is 0 Å². The van der Waals surface area contributed by atoms with Gasteiger partial charge in [0.15, 0.2) is 5.97 Å². The minimum atomic E-state index is -0.156. The Balaban J connectivity index is 0.000000640. The zero-order valence-corrected chi connectivity index (χ0v) is 8.30. The number of cyclic esters (lactones) is 1. The van der Waals surface area contributed by atoms with Crippen LogP contribution in [0, 0.1) is 6.42 Å². The van der Waals surface area contributed by atoms with Crippen LogP contribution in [0.15, 0.2) is 0 Å². The van der Waals surface area contributed by atoms with E-state index in [4.69, 9.17) is 4.74 Å². The quantitative estimate of drug-likeness (QED) is 0.466. The molecule has 0 spiro atoms. The Hall–Kier alpha value is 0.444. The summed E-state index contributed by atoms with van der Waals surface area (Å²) in [7, 11) is 0. The van der Waals surface area contributed by atoms with Gasteiger partial charge in [0, 0.05) is 0 Å². The number of esters is 1. The molecule has 1 fully saturated rings. The van der Waals surface area contributed by atoms with Crippen LogP contribution in [0.2, 0.25) is 0 Å². The monoisotopic (exact) mass is 202 g/mol. The van der Waals surface area contributed by atoms with Gasteiger partial charge in [0.05, 0.1) is 6.10 Å². The third-order valence-electron chi connectivity index (χ3n) is 1.29. The topological polar surface area (TPSA) is 26.3 Å². The SMILES string of the molecule is CCC1C[CH-]C(=O)O1.[Y+3]. The molecular weight excluding hydrogens is 193 g/mol. The second-order valence-corrected chi connectivity index (χ2v) is 1.91. The molecule has 0 aromatic heterocycles. The zero-order valence-electron chi connectivity index (χ0n) is 5.46. The van der Waals surface area contributed by atoms with Gasteiger partial charge in [-0.15, -0.1) is 6.42 Å². The van der Waals surface area contributed by atoms with Crippen LogP contribution < -0.4 is 0 Å². The summed E-state index contributed by atoms with van der Waals surface area (Å²) >= 11 is 0. The van der Waals surface area contributed by atoms with Crippen molar-refractivity contribution in [2.45, 2.75) is 25.9 Å². The normalized spacial score (nSPS) is 24.1. The molecule has 0 aromatic carbocycles. The van der Waals surface area contributed by atoms with Crippen molar-refractivity contribution in [2.75, 3.05) is 0 Å². The van der Waals surface area contributed by atoms with Gasteiger partial charge in [-0.2, -0.15) is 0 Å². The predicted molar refractivity (Wildman–Crippen MR) is 29.1 cm³/mol. The molecule has 9 heavy (non-hydrogen) atoms. The van der Waals surface area contributed by atoms with Gasteiger partial charge in [0.1, 0.15) is 0 Å². The van der Waals surface area contributed by atoms with Crippen molar-refractivity contribution in [3.8, 4) is 0 Å². The molecule has 1 aliphatic rings. The largest absolute Gasteiger partial charge is 3.00 e. The molecule has 0 bridgehead atoms. The molecule has 1 aliphatic heterocycles. The first-order valence-electron chi connectivity index (χ1n) is 2.86. The molecule has 1 atom stereocenters. The minimum absolute atomic E-state index is 0. The summed E-state index contributed by atoms with van der Waals surface area (Å²) < 4.78 is 4.82. The maximum Gasteiger partial charge on any atom is 3.00 e. The Labute approximate surface area is 80.2 Å². The molecule has 0 N–H and O–H groups in total.